The van der Waals surface area contributed by atoms with Gasteiger partial charge >= 0.3 is 0 Å². The summed E-state index contributed by atoms with van der Waals surface area (Å²) in [5.41, 5.74) is 1.30. The second-order valence-electron chi connectivity index (χ2n) is 4.87. The molecule has 3 aromatic heterocycles. The van der Waals surface area contributed by atoms with Crippen LogP contribution in [0.2, 0.25) is 0 Å². The van der Waals surface area contributed by atoms with Crippen molar-refractivity contribution in [2.24, 2.45) is 0 Å². The highest BCUT2D eigenvalue weighted by Crippen LogP contribution is 2.29. The molecule has 8 nitrogen and oxygen atoms in total. The van der Waals surface area contributed by atoms with Gasteiger partial charge in [-0.3, -0.25) is 4.98 Å². The summed E-state index contributed by atoms with van der Waals surface area (Å²) in [6.07, 6.45) is 8.04. The summed E-state index contributed by atoms with van der Waals surface area (Å²) in [5, 5.41) is 3.98. The summed E-state index contributed by atoms with van der Waals surface area (Å²) in [7, 11) is 0. The number of nitrogens with zero attached hydrogens (tertiary/aromatic N) is 7. The van der Waals surface area contributed by atoms with Crippen LogP contribution in [0.25, 0.3) is 23.0 Å². The Morgan fingerprint density at radius 2 is 1.96 bits per heavy atom. The van der Waals surface area contributed by atoms with Gasteiger partial charge in [0.05, 0.1) is 6.20 Å². The molecule has 4 rings (SSSR count). The molecule has 1 fully saturated rings. The second-order valence-corrected chi connectivity index (χ2v) is 6.10. The first kappa shape index (κ1) is 14.1. The van der Waals surface area contributed by atoms with Gasteiger partial charge < -0.3 is 9.42 Å². The Morgan fingerprint density at radius 1 is 1.04 bits per heavy atom. The average molecular weight is 327 g/mol. The normalized spacial score (nSPS) is 14.9. The van der Waals surface area contributed by atoms with Crippen LogP contribution in [-0.2, 0) is 0 Å². The quantitative estimate of drug-likeness (QED) is 0.710. The van der Waals surface area contributed by atoms with Crippen molar-refractivity contribution in [3.05, 3.63) is 31.1 Å². The number of thioether (sulfide) groups is 1. The van der Waals surface area contributed by atoms with Gasteiger partial charge in [-0.05, 0) is 0 Å². The van der Waals surface area contributed by atoms with E-state index in [1.165, 1.54) is 0 Å². The van der Waals surface area contributed by atoms with Crippen molar-refractivity contribution in [1.29, 1.82) is 0 Å². The fraction of sp³-hybridized carbons (Fsp3) is 0.286. The van der Waals surface area contributed by atoms with E-state index < -0.39 is 0 Å². The molecule has 0 amide bonds. The first-order valence-electron chi connectivity index (χ1n) is 7.15. The van der Waals surface area contributed by atoms with Crippen LogP contribution in [0.4, 0.5) is 5.82 Å². The highest BCUT2D eigenvalue weighted by molar-refractivity contribution is 7.99. The predicted octanol–water partition coefficient (Wildman–Crippen LogP) is 1.54. The van der Waals surface area contributed by atoms with Gasteiger partial charge in [0, 0.05) is 43.2 Å². The maximum absolute atomic E-state index is 5.40. The Labute approximate surface area is 136 Å². The number of hydrogen-bond donors (Lipinski definition) is 0. The maximum atomic E-state index is 5.40. The minimum atomic E-state index is 0.388. The van der Waals surface area contributed by atoms with Crippen LogP contribution in [-0.4, -0.2) is 54.7 Å². The number of rotatable bonds is 3. The molecule has 0 radical (unpaired) electrons. The second kappa shape index (κ2) is 6.29. The topological polar surface area (TPSA) is 93.7 Å². The lowest BCUT2D eigenvalue weighted by molar-refractivity contribution is 0.431. The first-order chi connectivity index (χ1) is 11.4. The lowest BCUT2D eigenvalue weighted by atomic mass is 10.2. The van der Waals surface area contributed by atoms with E-state index in [1.54, 1.807) is 31.1 Å². The molecule has 1 aliphatic rings. The fourth-order valence-corrected chi connectivity index (χ4v) is 3.26. The Balaban J connectivity index is 1.70. The van der Waals surface area contributed by atoms with E-state index in [-0.39, 0.29) is 0 Å². The standard InChI is InChI=1S/C14H13N7OS/c1-2-17-11(8-15-1)12-19-14(22-20-12)10-7-16-9-18-13(10)21-3-5-23-6-4-21/h1-2,7-9H,3-6H2. The summed E-state index contributed by atoms with van der Waals surface area (Å²) < 4.78 is 5.40. The molecule has 1 aliphatic heterocycles. The van der Waals surface area contributed by atoms with Crippen LogP contribution in [0.5, 0.6) is 0 Å². The van der Waals surface area contributed by atoms with E-state index in [2.05, 4.69) is 35.0 Å². The van der Waals surface area contributed by atoms with Crippen LogP contribution >= 0.6 is 11.8 Å². The van der Waals surface area contributed by atoms with Crippen LogP contribution in [0.1, 0.15) is 0 Å². The van der Waals surface area contributed by atoms with E-state index in [9.17, 15) is 0 Å². The van der Waals surface area contributed by atoms with E-state index in [1.807, 2.05) is 11.8 Å². The third kappa shape index (κ3) is 2.87. The van der Waals surface area contributed by atoms with Crippen molar-refractivity contribution >= 4 is 17.6 Å². The first-order valence-corrected chi connectivity index (χ1v) is 8.30. The highest BCUT2D eigenvalue weighted by atomic mass is 32.2. The largest absolute Gasteiger partial charge is 0.354 e. The van der Waals surface area contributed by atoms with E-state index in [0.717, 1.165) is 36.0 Å². The predicted molar refractivity (Wildman–Crippen MR) is 85.9 cm³/mol. The molecule has 0 spiro atoms. The van der Waals surface area contributed by atoms with Gasteiger partial charge in [0.2, 0.25) is 5.82 Å². The molecule has 3 aromatic rings. The molecule has 0 N–H and O–H groups in total. The molecule has 23 heavy (non-hydrogen) atoms. The molecular weight excluding hydrogens is 314 g/mol. The summed E-state index contributed by atoms with van der Waals surface area (Å²) in [6.45, 7) is 1.89. The molecule has 9 heteroatoms. The molecular formula is C14H13N7OS. The molecule has 4 heterocycles. The van der Waals surface area contributed by atoms with Gasteiger partial charge in [-0.1, -0.05) is 5.16 Å². The van der Waals surface area contributed by atoms with E-state index in [0.29, 0.717) is 17.4 Å². The Hall–Kier alpha value is -2.55. The minimum Gasteiger partial charge on any atom is -0.354 e. The van der Waals surface area contributed by atoms with Crippen LogP contribution in [0.3, 0.4) is 0 Å². The average Bonchev–Trinajstić information content (AvgIpc) is 3.13. The maximum Gasteiger partial charge on any atom is 0.263 e. The number of hydrogen-bond acceptors (Lipinski definition) is 9. The lowest BCUT2D eigenvalue weighted by Gasteiger charge is -2.28. The summed E-state index contributed by atoms with van der Waals surface area (Å²) >= 11 is 1.94. The van der Waals surface area contributed by atoms with Crippen molar-refractivity contribution in [2.45, 2.75) is 0 Å². The zero-order valence-electron chi connectivity index (χ0n) is 12.2. The van der Waals surface area contributed by atoms with Crippen LogP contribution in [0.15, 0.2) is 35.6 Å². The van der Waals surface area contributed by atoms with Gasteiger partial charge in [0.15, 0.2) is 0 Å². The molecule has 0 aromatic carbocycles. The Bertz CT molecular complexity index is 789. The summed E-state index contributed by atoms with van der Waals surface area (Å²) in [5.74, 6) is 3.78. The van der Waals surface area contributed by atoms with Crippen LogP contribution < -0.4 is 4.90 Å². The highest BCUT2D eigenvalue weighted by Gasteiger charge is 2.21. The van der Waals surface area contributed by atoms with Gasteiger partial charge in [-0.15, -0.1) is 0 Å². The van der Waals surface area contributed by atoms with Crippen molar-refractivity contribution in [3.63, 3.8) is 0 Å². The zero-order chi connectivity index (χ0) is 15.5. The van der Waals surface area contributed by atoms with Crippen molar-refractivity contribution in [2.75, 3.05) is 29.5 Å². The molecule has 0 atom stereocenters. The summed E-state index contributed by atoms with van der Waals surface area (Å²) in [4.78, 5) is 23.3. The van der Waals surface area contributed by atoms with E-state index >= 15 is 0 Å². The van der Waals surface area contributed by atoms with Gasteiger partial charge in [-0.25, -0.2) is 15.0 Å². The fourth-order valence-electron chi connectivity index (χ4n) is 2.35. The SMILES string of the molecule is c1cnc(-c2noc(-c3cncnc3N3CCSCC3)n2)cn1. The van der Waals surface area contributed by atoms with E-state index in [4.69, 9.17) is 4.52 Å². The van der Waals surface area contributed by atoms with Crippen molar-refractivity contribution in [1.82, 2.24) is 30.1 Å². The molecule has 116 valence electrons. The molecule has 0 aliphatic carbocycles. The number of anilines is 1. The monoisotopic (exact) mass is 327 g/mol. The molecule has 0 saturated carbocycles. The molecule has 1 saturated heterocycles. The Morgan fingerprint density at radius 3 is 2.78 bits per heavy atom. The summed E-state index contributed by atoms with van der Waals surface area (Å²) in [6, 6.07) is 0. The third-order valence-electron chi connectivity index (χ3n) is 3.45. The number of aromatic nitrogens is 6. The smallest absolute Gasteiger partial charge is 0.263 e. The van der Waals surface area contributed by atoms with Gasteiger partial charge in [-0.2, -0.15) is 16.7 Å². The zero-order valence-corrected chi connectivity index (χ0v) is 13.0. The lowest BCUT2D eigenvalue weighted by Crippen LogP contribution is -2.33. The molecule has 0 unspecified atom stereocenters. The third-order valence-corrected chi connectivity index (χ3v) is 4.39. The van der Waals surface area contributed by atoms with Crippen LogP contribution in [0, 0.1) is 0 Å². The molecule has 0 bridgehead atoms. The van der Waals surface area contributed by atoms with Gasteiger partial charge in [0.25, 0.3) is 5.89 Å². The van der Waals surface area contributed by atoms with Gasteiger partial charge in [0.1, 0.15) is 23.4 Å². The minimum absolute atomic E-state index is 0.388. The van der Waals surface area contributed by atoms with Crippen molar-refractivity contribution in [3.8, 4) is 23.0 Å². The van der Waals surface area contributed by atoms with Crippen molar-refractivity contribution < 1.29 is 4.52 Å². The Kier molecular flexibility index (Phi) is 3.85.